The molecule has 1 aliphatic heterocycles. The molecule has 1 atom stereocenters. The Labute approximate surface area is 134 Å². The first-order chi connectivity index (χ1) is 11.0. The Balaban J connectivity index is 2.46. The maximum absolute atomic E-state index is 12.3. The summed E-state index contributed by atoms with van der Waals surface area (Å²) in [6.07, 6.45) is 0.0174. The predicted molar refractivity (Wildman–Crippen MR) is 75.6 cm³/mol. The lowest BCUT2D eigenvalue weighted by Gasteiger charge is -2.14. The van der Waals surface area contributed by atoms with Crippen LogP contribution in [0.2, 0.25) is 0 Å². The van der Waals surface area contributed by atoms with E-state index < -0.39 is 38.9 Å². The van der Waals surface area contributed by atoms with Crippen LogP contribution in [-0.2, 0) is 19.6 Å². The van der Waals surface area contributed by atoms with E-state index in [9.17, 15) is 31.2 Å². The Morgan fingerprint density at radius 2 is 2.04 bits per heavy atom. The number of halogens is 3. The van der Waals surface area contributed by atoms with Gasteiger partial charge in [0.05, 0.1) is 12.3 Å². The highest BCUT2D eigenvalue weighted by Gasteiger charge is 2.48. The van der Waals surface area contributed by atoms with Crippen molar-refractivity contribution in [1.82, 2.24) is 4.57 Å². The van der Waals surface area contributed by atoms with Crippen LogP contribution in [0, 0.1) is 0 Å². The molecule has 2 rings (SSSR count). The molecule has 0 N–H and O–H groups in total. The number of pyridine rings is 1. The van der Waals surface area contributed by atoms with E-state index in [-0.39, 0.29) is 24.3 Å². The van der Waals surface area contributed by atoms with Gasteiger partial charge in [0.25, 0.3) is 5.56 Å². The van der Waals surface area contributed by atoms with Crippen LogP contribution in [0.4, 0.5) is 13.2 Å². The second-order valence-corrected chi connectivity index (χ2v) is 6.38. The average molecular weight is 367 g/mol. The van der Waals surface area contributed by atoms with E-state index in [4.69, 9.17) is 4.74 Å². The summed E-state index contributed by atoms with van der Waals surface area (Å²) >= 11 is 0. The van der Waals surface area contributed by atoms with Crippen molar-refractivity contribution in [3.63, 3.8) is 0 Å². The van der Waals surface area contributed by atoms with Crippen LogP contribution in [0.15, 0.2) is 23.5 Å². The Morgan fingerprint density at radius 1 is 1.42 bits per heavy atom. The third-order valence-electron chi connectivity index (χ3n) is 3.20. The average Bonchev–Trinajstić information content (AvgIpc) is 2.75. The van der Waals surface area contributed by atoms with Gasteiger partial charge in [-0.1, -0.05) is 6.58 Å². The monoisotopic (exact) mass is 367 g/mol. The van der Waals surface area contributed by atoms with E-state index in [1.807, 2.05) is 0 Å². The molecule has 0 fully saturated rings. The highest BCUT2D eigenvalue weighted by atomic mass is 32.2. The van der Waals surface area contributed by atoms with Crippen molar-refractivity contribution in [3.05, 3.63) is 34.8 Å². The number of aromatic nitrogens is 1. The maximum Gasteiger partial charge on any atom is 0.534 e. The third-order valence-corrected chi connectivity index (χ3v) is 4.18. The van der Waals surface area contributed by atoms with Gasteiger partial charge < -0.3 is 8.92 Å². The number of hydrogen-bond donors (Lipinski definition) is 0. The first-order valence-electron chi connectivity index (χ1n) is 6.60. The van der Waals surface area contributed by atoms with Gasteiger partial charge in [-0.15, -0.1) is 0 Å². The summed E-state index contributed by atoms with van der Waals surface area (Å²) in [7, 11) is -5.91. The molecule has 24 heavy (non-hydrogen) atoms. The van der Waals surface area contributed by atoms with Crippen molar-refractivity contribution in [3.8, 4) is 5.75 Å². The Bertz CT molecular complexity index is 855. The minimum atomic E-state index is -5.91. The molecule has 0 bridgehead atoms. The van der Waals surface area contributed by atoms with Crippen molar-refractivity contribution in [2.75, 3.05) is 6.61 Å². The van der Waals surface area contributed by atoms with E-state index in [1.165, 1.54) is 0 Å². The zero-order valence-electron chi connectivity index (χ0n) is 12.3. The minimum absolute atomic E-state index is 0.00734. The number of ether oxygens (including phenoxy) is 1. The minimum Gasteiger partial charge on any atom is -0.464 e. The number of nitrogens with zero attached hydrogens (tertiary/aromatic N) is 1. The molecule has 1 aliphatic rings. The number of esters is 1. The lowest BCUT2D eigenvalue weighted by molar-refractivity contribution is -0.146. The normalized spacial score (nSPS) is 17.5. The van der Waals surface area contributed by atoms with Gasteiger partial charge in [-0.05, 0) is 12.5 Å². The van der Waals surface area contributed by atoms with Gasteiger partial charge in [0.1, 0.15) is 6.04 Å². The van der Waals surface area contributed by atoms with Crippen LogP contribution in [0.25, 0.3) is 5.57 Å². The SMILES string of the molecule is C=C1CC(C(=O)OCC)n2c1cc(OS(=O)(=O)C(F)(F)F)cc2=O. The maximum atomic E-state index is 12.3. The zero-order valence-corrected chi connectivity index (χ0v) is 13.1. The number of hydrogen-bond acceptors (Lipinski definition) is 6. The van der Waals surface area contributed by atoms with E-state index >= 15 is 0 Å². The second kappa shape index (κ2) is 5.96. The fraction of sp³-hybridized carbons (Fsp3) is 0.385. The number of alkyl halides is 3. The largest absolute Gasteiger partial charge is 0.534 e. The lowest BCUT2D eigenvalue weighted by atomic mass is 10.1. The van der Waals surface area contributed by atoms with E-state index in [1.54, 1.807) is 6.92 Å². The molecule has 0 amide bonds. The molecule has 0 saturated carbocycles. The lowest BCUT2D eigenvalue weighted by Crippen LogP contribution is -2.30. The molecule has 7 nitrogen and oxygen atoms in total. The number of rotatable bonds is 4. The van der Waals surface area contributed by atoms with Crippen LogP contribution in [0.5, 0.6) is 5.75 Å². The standard InChI is InChI=1S/C13H12F3NO6S/c1-3-22-12(19)10-4-7(2)9-5-8(6-11(18)17(9)10)23-24(20,21)13(14,15)16/h5-6,10H,2-4H2,1H3. The quantitative estimate of drug-likeness (QED) is 0.456. The van der Waals surface area contributed by atoms with Gasteiger partial charge >= 0.3 is 21.6 Å². The summed E-state index contributed by atoms with van der Waals surface area (Å²) in [5.74, 6) is -1.51. The van der Waals surface area contributed by atoms with Crippen molar-refractivity contribution < 1.29 is 35.3 Å². The third kappa shape index (κ3) is 3.16. The molecular weight excluding hydrogens is 355 g/mol. The van der Waals surface area contributed by atoms with Gasteiger partial charge in [0.2, 0.25) is 0 Å². The molecule has 0 aliphatic carbocycles. The van der Waals surface area contributed by atoms with E-state index in [2.05, 4.69) is 10.8 Å². The first kappa shape index (κ1) is 18.0. The van der Waals surface area contributed by atoms with Crippen LogP contribution < -0.4 is 9.74 Å². The number of carbonyl (C=O) groups is 1. The zero-order chi connectivity index (χ0) is 18.3. The molecule has 0 radical (unpaired) electrons. The highest BCUT2D eigenvalue weighted by Crippen LogP contribution is 2.35. The summed E-state index contributed by atoms with van der Waals surface area (Å²) in [4.78, 5) is 23.9. The highest BCUT2D eigenvalue weighted by molar-refractivity contribution is 7.88. The van der Waals surface area contributed by atoms with Gasteiger partial charge in [0, 0.05) is 18.6 Å². The molecule has 1 aromatic heterocycles. The summed E-state index contributed by atoms with van der Waals surface area (Å²) in [5.41, 5.74) is -6.27. The molecule has 132 valence electrons. The van der Waals surface area contributed by atoms with Crippen LogP contribution in [0.1, 0.15) is 25.1 Å². The predicted octanol–water partition coefficient (Wildman–Crippen LogP) is 1.60. The fourth-order valence-electron chi connectivity index (χ4n) is 2.23. The molecule has 11 heteroatoms. The number of fused-ring (bicyclic) bond motifs is 1. The molecule has 0 spiro atoms. The smallest absolute Gasteiger partial charge is 0.464 e. The van der Waals surface area contributed by atoms with Gasteiger partial charge in [-0.25, -0.2) is 4.79 Å². The Hall–Kier alpha value is -2.30. The topological polar surface area (TPSA) is 91.7 Å². The summed E-state index contributed by atoms with van der Waals surface area (Å²) in [6, 6.07) is 0.456. The number of allylic oxidation sites excluding steroid dienone is 1. The molecule has 1 aromatic rings. The Morgan fingerprint density at radius 3 is 2.58 bits per heavy atom. The van der Waals surface area contributed by atoms with Gasteiger partial charge in [-0.2, -0.15) is 21.6 Å². The van der Waals surface area contributed by atoms with E-state index in [0.717, 1.165) is 10.6 Å². The van der Waals surface area contributed by atoms with Crippen molar-refractivity contribution >= 4 is 21.7 Å². The van der Waals surface area contributed by atoms with Gasteiger partial charge in [-0.3, -0.25) is 9.36 Å². The van der Waals surface area contributed by atoms with Crippen molar-refractivity contribution in [2.45, 2.75) is 24.9 Å². The fourth-order valence-corrected chi connectivity index (χ4v) is 2.67. The Kier molecular flexibility index (Phi) is 4.48. The van der Waals surface area contributed by atoms with Gasteiger partial charge in [0.15, 0.2) is 5.75 Å². The number of carbonyl (C=O) groups excluding carboxylic acids is 1. The van der Waals surface area contributed by atoms with Crippen molar-refractivity contribution in [1.29, 1.82) is 0 Å². The van der Waals surface area contributed by atoms with Crippen LogP contribution >= 0.6 is 0 Å². The summed E-state index contributed by atoms with van der Waals surface area (Å²) < 4.78 is 68.8. The molecule has 0 aromatic carbocycles. The summed E-state index contributed by atoms with van der Waals surface area (Å²) in [6.45, 7) is 5.27. The second-order valence-electron chi connectivity index (χ2n) is 4.84. The molecule has 0 saturated heterocycles. The van der Waals surface area contributed by atoms with Crippen molar-refractivity contribution in [2.24, 2.45) is 0 Å². The first-order valence-corrected chi connectivity index (χ1v) is 8.01. The molecular formula is C13H12F3NO6S. The van der Waals surface area contributed by atoms with E-state index in [0.29, 0.717) is 6.07 Å². The summed E-state index contributed by atoms with van der Waals surface area (Å²) in [5, 5.41) is 0. The molecule has 1 unspecified atom stereocenters. The van der Waals surface area contributed by atoms with Crippen LogP contribution in [-0.4, -0.2) is 31.1 Å². The molecule has 2 heterocycles. The van der Waals surface area contributed by atoms with Crippen LogP contribution in [0.3, 0.4) is 0 Å².